The molecule has 1 aromatic heterocycles. The number of halogens is 2. The fourth-order valence-corrected chi connectivity index (χ4v) is 3.34. The van der Waals surface area contributed by atoms with E-state index in [4.69, 9.17) is 0 Å². The predicted molar refractivity (Wildman–Crippen MR) is 93.4 cm³/mol. The number of alkyl halides is 2. The summed E-state index contributed by atoms with van der Waals surface area (Å²) in [7, 11) is 0. The number of nitrogens with one attached hydrogen (secondary N) is 1. The first-order valence-corrected chi connectivity index (χ1v) is 8.57. The first-order chi connectivity index (χ1) is 12.1. The molecule has 2 N–H and O–H groups in total. The number of carbonyl (C=O) groups excluding carboxylic acids is 1. The zero-order chi connectivity index (χ0) is 19.1. The molecule has 8 heteroatoms. The molecule has 0 spiro atoms. The Morgan fingerprint density at radius 3 is 2.69 bits per heavy atom. The zero-order valence-corrected chi connectivity index (χ0v) is 15.1. The van der Waals surface area contributed by atoms with E-state index >= 15 is 0 Å². The minimum Gasteiger partial charge on any atom is -0.435 e. The number of aliphatic hydroxyl groups is 1. The first-order valence-electron chi connectivity index (χ1n) is 8.57. The second-order valence-electron chi connectivity index (χ2n) is 7.69. The fourth-order valence-electron chi connectivity index (χ4n) is 3.34. The monoisotopic (exact) mass is 367 g/mol. The van der Waals surface area contributed by atoms with Gasteiger partial charge in [0, 0.05) is 11.6 Å². The molecule has 26 heavy (non-hydrogen) atoms. The number of imidazole rings is 1. The number of fused-ring (bicyclic) bond motifs is 1. The molecule has 0 unspecified atom stereocenters. The van der Waals surface area contributed by atoms with Gasteiger partial charge in [-0.25, -0.2) is 4.98 Å². The van der Waals surface area contributed by atoms with Gasteiger partial charge in [0.25, 0.3) is 0 Å². The molecule has 2 aromatic rings. The number of rotatable bonds is 6. The molecule has 1 aliphatic rings. The number of benzene rings is 1. The van der Waals surface area contributed by atoms with Gasteiger partial charge in [-0.1, -0.05) is 0 Å². The molecule has 142 valence electrons. The van der Waals surface area contributed by atoms with Crippen LogP contribution < -0.4 is 10.1 Å². The smallest absolute Gasteiger partial charge is 0.387 e. The van der Waals surface area contributed by atoms with E-state index < -0.39 is 12.2 Å². The lowest BCUT2D eigenvalue weighted by atomic mass is 9.78. The molecule has 0 aliphatic heterocycles. The van der Waals surface area contributed by atoms with E-state index in [1.165, 1.54) is 12.1 Å². The van der Waals surface area contributed by atoms with Crippen LogP contribution in [0.4, 0.5) is 14.7 Å². The first kappa shape index (κ1) is 18.6. The van der Waals surface area contributed by atoms with Crippen LogP contribution >= 0.6 is 0 Å². The molecular weight excluding hydrogens is 344 g/mol. The van der Waals surface area contributed by atoms with Gasteiger partial charge in [-0.15, -0.1) is 0 Å². The Balaban J connectivity index is 2.01. The Morgan fingerprint density at radius 1 is 1.46 bits per heavy atom. The summed E-state index contributed by atoms with van der Waals surface area (Å²) in [5.74, 6) is 0.0395. The van der Waals surface area contributed by atoms with Crippen LogP contribution in [0.3, 0.4) is 0 Å². The summed E-state index contributed by atoms with van der Waals surface area (Å²) in [6, 6.07) is 4.54. The van der Waals surface area contributed by atoms with Gasteiger partial charge >= 0.3 is 6.61 Å². The summed E-state index contributed by atoms with van der Waals surface area (Å²) < 4.78 is 31.5. The Kier molecular flexibility index (Phi) is 4.64. The van der Waals surface area contributed by atoms with E-state index in [1.807, 2.05) is 11.5 Å². The van der Waals surface area contributed by atoms with Crippen molar-refractivity contribution < 1.29 is 23.4 Å². The van der Waals surface area contributed by atoms with Gasteiger partial charge in [0.15, 0.2) is 0 Å². The van der Waals surface area contributed by atoms with Crippen molar-refractivity contribution in [1.29, 1.82) is 0 Å². The molecule has 3 rings (SSSR count). The number of ether oxygens (including phenoxy) is 1. The van der Waals surface area contributed by atoms with Crippen molar-refractivity contribution in [3.05, 3.63) is 18.2 Å². The summed E-state index contributed by atoms with van der Waals surface area (Å²) in [6.07, 6.45) is 2.76. The minimum absolute atomic E-state index is 0.0472. The molecule has 6 nitrogen and oxygen atoms in total. The summed E-state index contributed by atoms with van der Waals surface area (Å²) in [4.78, 5) is 16.7. The molecular formula is C18H23F2N3O3. The van der Waals surface area contributed by atoms with Crippen LogP contribution in [0.25, 0.3) is 11.0 Å². The largest absolute Gasteiger partial charge is 0.435 e. The molecule has 1 aromatic carbocycles. The van der Waals surface area contributed by atoms with Gasteiger partial charge in [0.05, 0.1) is 23.1 Å². The molecule has 0 bridgehead atoms. The van der Waals surface area contributed by atoms with Crippen LogP contribution in [0.2, 0.25) is 0 Å². The van der Waals surface area contributed by atoms with E-state index in [9.17, 15) is 18.7 Å². The molecule has 1 aliphatic carbocycles. The lowest BCUT2D eigenvalue weighted by Gasteiger charge is -2.41. The highest BCUT2D eigenvalue weighted by Gasteiger charge is 2.37. The molecule has 1 saturated carbocycles. The fraction of sp³-hybridized carbons (Fsp3) is 0.556. The highest BCUT2D eigenvalue weighted by Crippen LogP contribution is 2.43. The molecule has 1 heterocycles. The summed E-state index contributed by atoms with van der Waals surface area (Å²) in [6.45, 7) is 2.24. The number of amides is 1. The summed E-state index contributed by atoms with van der Waals surface area (Å²) >= 11 is 0. The second-order valence-corrected chi connectivity index (χ2v) is 7.69. The maximum atomic E-state index is 12.5. The van der Waals surface area contributed by atoms with Gasteiger partial charge in [-0.05, 0) is 52.2 Å². The van der Waals surface area contributed by atoms with Crippen molar-refractivity contribution in [3.8, 4) is 5.75 Å². The quantitative estimate of drug-likeness (QED) is 0.817. The highest BCUT2D eigenvalue weighted by atomic mass is 19.3. The van der Waals surface area contributed by atoms with Crippen LogP contribution in [-0.2, 0) is 10.3 Å². The zero-order valence-electron chi connectivity index (χ0n) is 15.1. The van der Waals surface area contributed by atoms with Gasteiger partial charge < -0.3 is 14.4 Å². The van der Waals surface area contributed by atoms with Crippen LogP contribution in [0, 0.1) is 0 Å². The molecule has 0 saturated heterocycles. The van der Waals surface area contributed by atoms with E-state index in [-0.39, 0.29) is 23.6 Å². The maximum Gasteiger partial charge on any atom is 0.387 e. The summed E-state index contributed by atoms with van der Waals surface area (Å²) in [5, 5.41) is 12.6. The Morgan fingerprint density at radius 2 is 2.15 bits per heavy atom. The standard InChI is InChI=1S/C18H23F2N3O3/c1-17(2,25)10-14(24)22-16-21-12-6-5-11(26-15(19)20)9-13(12)23(16)18(3)7-4-8-18/h5-6,9,15,25H,4,7-8,10H2,1-3H3,(H,21,22,24). The second kappa shape index (κ2) is 6.50. The van der Waals surface area contributed by atoms with Crippen molar-refractivity contribution in [3.63, 3.8) is 0 Å². The molecule has 0 atom stereocenters. The van der Waals surface area contributed by atoms with Gasteiger partial charge in [-0.2, -0.15) is 8.78 Å². The van der Waals surface area contributed by atoms with Crippen molar-refractivity contribution in [2.75, 3.05) is 5.32 Å². The van der Waals surface area contributed by atoms with Crippen LogP contribution in [-0.4, -0.2) is 32.8 Å². The molecule has 0 radical (unpaired) electrons. The van der Waals surface area contributed by atoms with Gasteiger partial charge in [0.1, 0.15) is 5.75 Å². The minimum atomic E-state index is -2.91. The number of hydrogen-bond donors (Lipinski definition) is 2. The third kappa shape index (κ3) is 3.80. The lowest BCUT2D eigenvalue weighted by molar-refractivity contribution is -0.119. The van der Waals surface area contributed by atoms with E-state index in [1.54, 1.807) is 19.9 Å². The topological polar surface area (TPSA) is 76.4 Å². The van der Waals surface area contributed by atoms with Crippen molar-refractivity contribution >= 4 is 22.9 Å². The third-order valence-electron chi connectivity index (χ3n) is 4.67. The average Bonchev–Trinajstić information content (AvgIpc) is 2.79. The van der Waals surface area contributed by atoms with Crippen LogP contribution in [0.1, 0.15) is 46.5 Å². The number of hydrogen-bond acceptors (Lipinski definition) is 4. The van der Waals surface area contributed by atoms with Crippen molar-refractivity contribution in [1.82, 2.24) is 9.55 Å². The number of anilines is 1. The normalized spacial score (nSPS) is 16.6. The SMILES string of the molecule is CC(C)(O)CC(=O)Nc1nc2ccc(OC(F)F)cc2n1C1(C)CCC1. The van der Waals surface area contributed by atoms with E-state index in [0.717, 1.165) is 19.3 Å². The number of nitrogens with zero attached hydrogens (tertiary/aromatic N) is 2. The van der Waals surface area contributed by atoms with Crippen LogP contribution in [0.5, 0.6) is 5.75 Å². The van der Waals surface area contributed by atoms with Gasteiger partial charge in [-0.3, -0.25) is 10.1 Å². The Hall–Kier alpha value is -2.22. The molecule has 1 amide bonds. The third-order valence-corrected chi connectivity index (χ3v) is 4.67. The molecule has 1 fully saturated rings. The predicted octanol–water partition coefficient (Wildman–Crippen LogP) is 3.64. The lowest BCUT2D eigenvalue weighted by Crippen LogP contribution is -2.38. The highest BCUT2D eigenvalue weighted by molar-refractivity contribution is 5.92. The Bertz CT molecular complexity index is 823. The van der Waals surface area contributed by atoms with E-state index in [2.05, 4.69) is 15.0 Å². The maximum absolute atomic E-state index is 12.5. The number of aromatic nitrogens is 2. The Labute approximate surface area is 150 Å². The van der Waals surface area contributed by atoms with Crippen LogP contribution in [0.15, 0.2) is 18.2 Å². The summed E-state index contributed by atoms with van der Waals surface area (Å²) in [5.41, 5.74) is -0.183. The number of carbonyl (C=O) groups is 1. The van der Waals surface area contributed by atoms with E-state index in [0.29, 0.717) is 17.0 Å². The average molecular weight is 367 g/mol. The van der Waals surface area contributed by atoms with Crippen molar-refractivity contribution in [2.45, 2.75) is 64.2 Å². The van der Waals surface area contributed by atoms with Crippen molar-refractivity contribution in [2.24, 2.45) is 0 Å². The van der Waals surface area contributed by atoms with Gasteiger partial charge in [0.2, 0.25) is 11.9 Å².